The Hall–Kier alpha value is -1.00. The van der Waals surface area contributed by atoms with Gasteiger partial charge in [-0.25, -0.2) is 8.78 Å². The summed E-state index contributed by atoms with van der Waals surface area (Å²) in [5, 5.41) is 0. The largest absolute Gasteiger partial charge is 0.369 e. The summed E-state index contributed by atoms with van der Waals surface area (Å²) in [5.41, 5.74) is 0.725. The summed E-state index contributed by atoms with van der Waals surface area (Å²) in [6.07, 6.45) is 0. The van der Waals surface area contributed by atoms with Crippen molar-refractivity contribution in [1.82, 2.24) is 4.90 Å². The van der Waals surface area contributed by atoms with Gasteiger partial charge in [0.25, 0.3) is 0 Å². The van der Waals surface area contributed by atoms with Crippen LogP contribution in [0.15, 0.2) is 18.2 Å². The molecule has 14 heavy (non-hydrogen) atoms. The average Bonchev–Trinajstić information content (AvgIpc) is 2.12. The Morgan fingerprint density at radius 2 is 2.00 bits per heavy atom. The number of ether oxygens (including phenoxy) is 1. The second-order valence-corrected chi connectivity index (χ2v) is 3.18. The van der Waals surface area contributed by atoms with Crippen LogP contribution in [0.4, 0.5) is 8.78 Å². The molecule has 0 spiro atoms. The van der Waals surface area contributed by atoms with Gasteiger partial charge in [0.15, 0.2) is 11.6 Å². The average molecular weight is 201 g/mol. The lowest BCUT2D eigenvalue weighted by atomic mass is 10.2. The van der Waals surface area contributed by atoms with E-state index in [4.69, 9.17) is 4.74 Å². The maximum atomic E-state index is 12.8. The van der Waals surface area contributed by atoms with E-state index in [0.717, 1.165) is 11.6 Å². The van der Waals surface area contributed by atoms with E-state index in [9.17, 15) is 8.78 Å². The molecular weight excluding hydrogens is 188 g/mol. The second kappa shape index (κ2) is 5.02. The second-order valence-electron chi connectivity index (χ2n) is 3.18. The predicted octanol–water partition coefficient (Wildman–Crippen LogP) is 2.00. The molecule has 0 bridgehead atoms. The van der Waals surface area contributed by atoms with Crippen LogP contribution in [0.3, 0.4) is 0 Å². The molecule has 1 aromatic rings. The van der Waals surface area contributed by atoms with Crippen molar-refractivity contribution in [3.05, 3.63) is 35.4 Å². The van der Waals surface area contributed by atoms with E-state index in [2.05, 4.69) is 0 Å². The zero-order valence-corrected chi connectivity index (χ0v) is 8.26. The molecule has 0 heterocycles. The minimum Gasteiger partial charge on any atom is -0.369 e. The molecule has 0 N–H and O–H groups in total. The molecule has 0 aliphatic heterocycles. The standard InChI is InChI=1S/C10H13F2NO/c1-13(7-14-2)6-8-3-4-9(11)10(12)5-8/h3-5H,6-7H2,1-2H3. The first-order chi connectivity index (χ1) is 6.63. The van der Waals surface area contributed by atoms with Gasteiger partial charge in [-0.15, -0.1) is 0 Å². The smallest absolute Gasteiger partial charge is 0.159 e. The van der Waals surface area contributed by atoms with Gasteiger partial charge >= 0.3 is 0 Å². The van der Waals surface area contributed by atoms with Gasteiger partial charge in [0.1, 0.15) is 0 Å². The van der Waals surface area contributed by atoms with Crippen molar-refractivity contribution in [3.63, 3.8) is 0 Å². The highest BCUT2D eigenvalue weighted by Gasteiger charge is 2.04. The molecule has 0 saturated heterocycles. The van der Waals surface area contributed by atoms with E-state index >= 15 is 0 Å². The van der Waals surface area contributed by atoms with Gasteiger partial charge in [0, 0.05) is 13.7 Å². The molecule has 1 aromatic carbocycles. The maximum absolute atomic E-state index is 12.8. The van der Waals surface area contributed by atoms with Crippen LogP contribution in [0.2, 0.25) is 0 Å². The van der Waals surface area contributed by atoms with Crippen molar-refractivity contribution in [1.29, 1.82) is 0 Å². The summed E-state index contributed by atoms with van der Waals surface area (Å²) in [4.78, 5) is 1.85. The van der Waals surface area contributed by atoms with Gasteiger partial charge in [-0.2, -0.15) is 0 Å². The molecule has 0 atom stereocenters. The SMILES string of the molecule is COCN(C)Cc1ccc(F)c(F)c1. The molecule has 0 saturated carbocycles. The fourth-order valence-electron chi connectivity index (χ4n) is 1.22. The van der Waals surface area contributed by atoms with Crippen LogP contribution in [-0.2, 0) is 11.3 Å². The van der Waals surface area contributed by atoms with Crippen LogP contribution in [0.1, 0.15) is 5.56 Å². The minimum absolute atomic E-state index is 0.457. The third kappa shape index (κ3) is 3.05. The van der Waals surface area contributed by atoms with Crippen molar-refractivity contribution >= 4 is 0 Å². The van der Waals surface area contributed by atoms with Gasteiger partial charge < -0.3 is 4.74 Å². The highest BCUT2D eigenvalue weighted by molar-refractivity contribution is 5.17. The predicted molar refractivity (Wildman–Crippen MR) is 49.7 cm³/mol. The molecule has 4 heteroatoms. The fourth-order valence-corrected chi connectivity index (χ4v) is 1.22. The van der Waals surface area contributed by atoms with Crippen LogP contribution in [-0.4, -0.2) is 25.8 Å². The summed E-state index contributed by atoms with van der Waals surface area (Å²) in [5.74, 6) is -1.63. The third-order valence-electron chi connectivity index (χ3n) is 1.79. The van der Waals surface area contributed by atoms with Crippen LogP contribution in [0.25, 0.3) is 0 Å². The van der Waals surface area contributed by atoms with E-state index in [1.54, 1.807) is 13.2 Å². The summed E-state index contributed by atoms with van der Waals surface area (Å²) in [7, 11) is 3.42. The summed E-state index contributed by atoms with van der Waals surface area (Å²) >= 11 is 0. The number of rotatable bonds is 4. The number of halogens is 2. The maximum Gasteiger partial charge on any atom is 0.159 e. The van der Waals surface area contributed by atoms with Gasteiger partial charge in [-0.1, -0.05) is 6.07 Å². The summed E-state index contributed by atoms with van der Waals surface area (Å²) < 4.78 is 30.2. The highest BCUT2D eigenvalue weighted by Crippen LogP contribution is 2.10. The Balaban J connectivity index is 2.63. The van der Waals surface area contributed by atoms with Crippen LogP contribution in [0.5, 0.6) is 0 Å². The molecule has 1 rings (SSSR count). The van der Waals surface area contributed by atoms with Gasteiger partial charge in [-0.05, 0) is 24.7 Å². The molecule has 0 aromatic heterocycles. The lowest BCUT2D eigenvalue weighted by molar-refractivity contribution is 0.0771. The van der Waals surface area contributed by atoms with Crippen LogP contribution in [0, 0.1) is 11.6 Å². The summed E-state index contributed by atoms with van der Waals surface area (Å²) in [6, 6.07) is 3.89. The normalized spacial score (nSPS) is 10.9. The Morgan fingerprint density at radius 1 is 1.29 bits per heavy atom. The molecule has 0 aliphatic carbocycles. The van der Waals surface area contributed by atoms with Gasteiger partial charge in [0.05, 0.1) is 6.73 Å². The van der Waals surface area contributed by atoms with E-state index in [0.29, 0.717) is 13.3 Å². The third-order valence-corrected chi connectivity index (χ3v) is 1.79. The number of nitrogens with zero attached hydrogens (tertiary/aromatic N) is 1. The summed E-state index contributed by atoms with van der Waals surface area (Å²) in [6.45, 7) is 0.990. The molecule has 0 fully saturated rings. The molecule has 0 radical (unpaired) electrons. The van der Waals surface area contributed by atoms with E-state index in [1.165, 1.54) is 6.07 Å². The molecule has 0 unspecified atom stereocenters. The van der Waals surface area contributed by atoms with Crippen molar-refractivity contribution in [3.8, 4) is 0 Å². The molecule has 2 nitrogen and oxygen atoms in total. The van der Waals surface area contributed by atoms with Crippen LogP contribution < -0.4 is 0 Å². The van der Waals surface area contributed by atoms with Crippen molar-refractivity contribution in [2.24, 2.45) is 0 Å². The highest BCUT2D eigenvalue weighted by atomic mass is 19.2. The van der Waals surface area contributed by atoms with Crippen molar-refractivity contribution in [2.45, 2.75) is 6.54 Å². The zero-order chi connectivity index (χ0) is 10.6. The van der Waals surface area contributed by atoms with Crippen molar-refractivity contribution in [2.75, 3.05) is 20.9 Å². The van der Waals surface area contributed by atoms with Gasteiger partial charge in [-0.3, -0.25) is 4.90 Å². The molecule has 78 valence electrons. The monoisotopic (exact) mass is 201 g/mol. The lowest BCUT2D eigenvalue weighted by Gasteiger charge is -2.15. The molecule has 0 aliphatic rings. The van der Waals surface area contributed by atoms with Crippen molar-refractivity contribution < 1.29 is 13.5 Å². The van der Waals surface area contributed by atoms with Crippen LogP contribution >= 0.6 is 0 Å². The number of hydrogen-bond donors (Lipinski definition) is 0. The Bertz CT molecular complexity index is 304. The number of benzene rings is 1. The molecule has 0 amide bonds. The minimum atomic E-state index is -0.817. The number of methoxy groups -OCH3 is 1. The zero-order valence-electron chi connectivity index (χ0n) is 8.26. The first-order valence-electron chi connectivity index (χ1n) is 4.25. The fraction of sp³-hybridized carbons (Fsp3) is 0.400. The molecular formula is C10H13F2NO. The quantitative estimate of drug-likeness (QED) is 0.691. The van der Waals surface area contributed by atoms with E-state index in [-0.39, 0.29) is 0 Å². The van der Waals surface area contributed by atoms with Gasteiger partial charge in [0.2, 0.25) is 0 Å². The number of hydrogen-bond acceptors (Lipinski definition) is 2. The van der Waals surface area contributed by atoms with E-state index < -0.39 is 11.6 Å². The Labute approximate surface area is 82.1 Å². The van der Waals surface area contributed by atoms with E-state index in [1.807, 2.05) is 11.9 Å². The first kappa shape index (κ1) is 11.1. The topological polar surface area (TPSA) is 12.5 Å². The first-order valence-corrected chi connectivity index (χ1v) is 4.25. The lowest BCUT2D eigenvalue weighted by Crippen LogP contribution is -2.20. The Morgan fingerprint density at radius 3 is 2.57 bits per heavy atom. The Kier molecular flexibility index (Phi) is 3.98.